The Kier molecular flexibility index (Phi) is 6.22. The third-order valence-corrected chi connectivity index (χ3v) is 5.16. The first-order valence-corrected chi connectivity index (χ1v) is 10.0. The highest BCUT2D eigenvalue weighted by molar-refractivity contribution is 6.31. The van der Waals surface area contributed by atoms with Crippen LogP contribution in [0.3, 0.4) is 0 Å². The average molecular weight is 436 g/mol. The molecule has 29 heavy (non-hydrogen) atoms. The smallest absolute Gasteiger partial charge is 0.306 e. The molecule has 7 heteroatoms. The topological polar surface area (TPSA) is 66.8 Å². The molecule has 0 fully saturated rings. The largest absolute Gasteiger partial charge is 0.481 e. The van der Waals surface area contributed by atoms with Crippen LogP contribution in [-0.4, -0.2) is 29.6 Å². The molecule has 0 bridgehead atoms. The molecule has 0 spiro atoms. The van der Waals surface area contributed by atoms with Crippen molar-refractivity contribution < 1.29 is 19.4 Å². The molecule has 0 saturated heterocycles. The van der Waals surface area contributed by atoms with E-state index in [9.17, 15) is 14.7 Å². The van der Waals surface area contributed by atoms with Gasteiger partial charge in [-0.3, -0.25) is 9.59 Å². The van der Waals surface area contributed by atoms with Crippen LogP contribution in [0.25, 0.3) is 0 Å². The number of halogens is 2. The van der Waals surface area contributed by atoms with Crippen molar-refractivity contribution in [2.75, 3.05) is 11.4 Å². The van der Waals surface area contributed by atoms with E-state index in [-0.39, 0.29) is 11.3 Å². The Morgan fingerprint density at radius 2 is 1.83 bits per heavy atom. The Morgan fingerprint density at radius 1 is 1.14 bits per heavy atom. The summed E-state index contributed by atoms with van der Waals surface area (Å²) in [5, 5.41) is 10.3. The van der Waals surface area contributed by atoms with Crippen molar-refractivity contribution in [1.82, 2.24) is 0 Å². The zero-order chi connectivity index (χ0) is 21.3. The van der Waals surface area contributed by atoms with Gasteiger partial charge < -0.3 is 14.7 Å². The van der Waals surface area contributed by atoms with E-state index in [1.807, 2.05) is 26.8 Å². The minimum absolute atomic E-state index is 0.218. The number of rotatable bonds is 4. The highest BCUT2D eigenvalue weighted by Crippen LogP contribution is 2.42. The molecule has 2 atom stereocenters. The van der Waals surface area contributed by atoms with Crippen molar-refractivity contribution >= 4 is 40.8 Å². The van der Waals surface area contributed by atoms with Crippen LogP contribution in [0.1, 0.15) is 44.4 Å². The normalized spacial score (nSPS) is 19.6. The summed E-state index contributed by atoms with van der Waals surface area (Å²) in [6, 6.07) is 12.4. The van der Waals surface area contributed by atoms with Gasteiger partial charge in [-0.05, 0) is 29.7 Å². The minimum Gasteiger partial charge on any atom is -0.481 e. The molecule has 1 amide bonds. The Labute approximate surface area is 180 Å². The summed E-state index contributed by atoms with van der Waals surface area (Å²) in [7, 11) is 0. The fourth-order valence-electron chi connectivity index (χ4n) is 3.43. The van der Waals surface area contributed by atoms with Gasteiger partial charge in [-0.2, -0.15) is 0 Å². The van der Waals surface area contributed by atoms with E-state index < -0.39 is 24.6 Å². The Balaban J connectivity index is 2.22. The number of carbonyl (C=O) groups excluding carboxylic acids is 1. The van der Waals surface area contributed by atoms with Crippen LogP contribution < -0.4 is 4.90 Å². The third kappa shape index (κ3) is 4.92. The summed E-state index contributed by atoms with van der Waals surface area (Å²) in [4.78, 5) is 26.4. The molecule has 1 aliphatic heterocycles. The van der Waals surface area contributed by atoms with E-state index >= 15 is 0 Å². The number of carbonyl (C=O) groups is 2. The summed E-state index contributed by atoms with van der Waals surface area (Å²) < 4.78 is 6.11. The molecule has 3 rings (SSSR count). The number of nitrogens with zero attached hydrogens (tertiary/aromatic N) is 1. The number of amides is 1. The Hall–Kier alpha value is -2.08. The first-order valence-electron chi connectivity index (χ1n) is 9.29. The zero-order valence-corrected chi connectivity index (χ0v) is 18.0. The first kappa shape index (κ1) is 21.6. The lowest BCUT2D eigenvalue weighted by atomic mass is 9.94. The van der Waals surface area contributed by atoms with Gasteiger partial charge in [0.25, 0.3) is 5.91 Å². The van der Waals surface area contributed by atoms with E-state index in [0.29, 0.717) is 33.4 Å². The number of carboxylic acids is 1. The van der Waals surface area contributed by atoms with Crippen molar-refractivity contribution in [1.29, 1.82) is 0 Å². The Morgan fingerprint density at radius 3 is 2.45 bits per heavy atom. The van der Waals surface area contributed by atoms with Crippen molar-refractivity contribution in [3.8, 4) is 0 Å². The van der Waals surface area contributed by atoms with Crippen LogP contribution in [0.15, 0.2) is 42.5 Å². The summed E-state index contributed by atoms with van der Waals surface area (Å²) in [5.41, 5.74) is 1.76. The second kappa shape index (κ2) is 8.34. The fraction of sp³-hybridized carbons (Fsp3) is 0.364. The predicted octanol–water partition coefficient (Wildman–Crippen LogP) is 5.34. The van der Waals surface area contributed by atoms with Crippen LogP contribution in [0.2, 0.25) is 10.0 Å². The lowest BCUT2D eigenvalue weighted by molar-refractivity contribution is -0.147. The number of aliphatic carboxylic acids is 1. The summed E-state index contributed by atoms with van der Waals surface area (Å²) >= 11 is 12.7. The molecule has 154 valence electrons. The molecule has 1 N–H and O–H groups in total. The van der Waals surface area contributed by atoms with Gasteiger partial charge in [0.2, 0.25) is 0 Å². The van der Waals surface area contributed by atoms with Crippen molar-refractivity contribution in [3.05, 3.63) is 63.6 Å². The fourth-order valence-corrected chi connectivity index (χ4v) is 3.84. The van der Waals surface area contributed by atoms with Crippen LogP contribution in [-0.2, 0) is 14.3 Å². The van der Waals surface area contributed by atoms with Gasteiger partial charge in [0, 0.05) is 33.4 Å². The molecule has 5 nitrogen and oxygen atoms in total. The van der Waals surface area contributed by atoms with Gasteiger partial charge in [-0.1, -0.05) is 62.2 Å². The van der Waals surface area contributed by atoms with Crippen molar-refractivity contribution in [2.45, 2.75) is 39.4 Å². The van der Waals surface area contributed by atoms with Gasteiger partial charge in [0.05, 0.1) is 6.42 Å². The number of ether oxygens (including phenoxy) is 1. The number of carboxylic acid groups (broad SMARTS) is 1. The van der Waals surface area contributed by atoms with Crippen LogP contribution in [0.4, 0.5) is 5.69 Å². The molecule has 0 aliphatic carbocycles. The quantitative estimate of drug-likeness (QED) is 0.703. The third-order valence-electron chi connectivity index (χ3n) is 4.58. The van der Waals surface area contributed by atoms with E-state index in [1.54, 1.807) is 41.3 Å². The molecule has 0 radical (unpaired) electrons. The predicted molar refractivity (Wildman–Crippen MR) is 114 cm³/mol. The molecular formula is C22H23Cl2NO4. The van der Waals surface area contributed by atoms with E-state index in [2.05, 4.69) is 0 Å². The van der Waals surface area contributed by atoms with Gasteiger partial charge in [-0.25, -0.2) is 0 Å². The molecule has 0 unspecified atom stereocenters. The summed E-state index contributed by atoms with van der Waals surface area (Å²) in [6.07, 6.45) is -2.32. The minimum atomic E-state index is -1.15. The highest BCUT2D eigenvalue weighted by atomic mass is 35.5. The zero-order valence-electron chi connectivity index (χ0n) is 16.5. The van der Waals surface area contributed by atoms with Crippen LogP contribution in [0.5, 0.6) is 0 Å². The van der Waals surface area contributed by atoms with E-state index in [4.69, 9.17) is 27.9 Å². The molecule has 0 aromatic heterocycles. The van der Waals surface area contributed by atoms with Crippen molar-refractivity contribution in [2.24, 2.45) is 5.41 Å². The highest BCUT2D eigenvalue weighted by Gasteiger charge is 2.39. The average Bonchev–Trinajstić information content (AvgIpc) is 2.71. The molecule has 2 aromatic rings. The first-order chi connectivity index (χ1) is 13.6. The second-order valence-electron chi connectivity index (χ2n) is 8.31. The summed E-state index contributed by atoms with van der Waals surface area (Å²) in [6.45, 7) is 6.44. The maximum atomic E-state index is 13.3. The Bertz CT molecular complexity index is 939. The van der Waals surface area contributed by atoms with E-state index in [0.717, 1.165) is 0 Å². The number of anilines is 1. The monoisotopic (exact) mass is 435 g/mol. The van der Waals surface area contributed by atoms with Gasteiger partial charge in [-0.15, -0.1) is 0 Å². The second-order valence-corrected chi connectivity index (χ2v) is 9.16. The molecular weight excluding hydrogens is 413 g/mol. The number of hydrogen-bond donors (Lipinski definition) is 1. The maximum absolute atomic E-state index is 13.3. The number of fused-ring (bicyclic) bond motifs is 1. The van der Waals surface area contributed by atoms with Gasteiger partial charge in [0.1, 0.15) is 12.2 Å². The van der Waals surface area contributed by atoms with Gasteiger partial charge >= 0.3 is 5.97 Å². The van der Waals surface area contributed by atoms with Crippen LogP contribution in [0, 0.1) is 5.41 Å². The standard InChI is InChI=1S/C22H23Cl2NO4/c1-22(2,3)12-25-17-9-8-13(23)10-15(17)20(14-6-4-5-7-16(14)24)29-18(21(25)28)11-19(26)27/h4-10,18,20H,11-12H2,1-3H3,(H,26,27)/t18-,20+/m0/s1. The van der Waals surface area contributed by atoms with Gasteiger partial charge in [0.15, 0.2) is 0 Å². The van der Waals surface area contributed by atoms with Crippen molar-refractivity contribution in [3.63, 3.8) is 0 Å². The molecule has 2 aromatic carbocycles. The molecule has 0 saturated carbocycles. The lowest BCUT2D eigenvalue weighted by Gasteiger charge is -2.31. The lowest BCUT2D eigenvalue weighted by Crippen LogP contribution is -2.44. The number of benzene rings is 2. The van der Waals surface area contributed by atoms with E-state index in [1.165, 1.54) is 0 Å². The maximum Gasteiger partial charge on any atom is 0.306 e. The molecule has 1 heterocycles. The molecule has 1 aliphatic rings. The summed E-state index contributed by atoms with van der Waals surface area (Å²) in [5.74, 6) is -1.50. The number of hydrogen-bond acceptors (Lipinski definition) is 3. The SMILES string of the molecule is CC(C)(C)CN1C(=O)[C@H](CC(=O)O)O[C@H](c2ccccc2Cl)c2cc(Cl)ccc21. The van der Waals surface area contributed by atoms with Crippen LogP contribution >= 0.6 is 23.2 Å².